The molecular formula is C19H13F2NO3. The van der Waals surface area contributed by atoms with Crippen molar-refractivity contribution in [3.05, 3.63) is 81.7 Å². The van der Waals surface area contributed by atoms with Crippen LogP contribution < -0.4 is 10.7 Å². The molecule has 0 aliphatic heterocycles. The van der Waals surface area contributed by atoms with Crippen LogP contribution in [-0.4, -0.2) is 5.91 Å². The molecule has 0 aliphatic rings. The molecule has 2 aromatic carbocycles. The highest BCUT2D eigenvalue weighted by Crippen LogP contribution is 2.18. The van der Waals surface area contributed by atoms with Crippen molar-refractivity contribution in [2.24, 2.45) is 0 Å². The van der Waals surface area contributed by atoms with Crippen molar-refractivity contribution in [3.8, 4) is 0 Å². The van der Waals surface area contributed by atoms with E-state index in [0.717, 1.165) is 23.8 Å². The predicted octanol–water partition coefficient (Wildman–Crippen LogP) is 4.03. The van der Waals surface area contributed by atoms with Crippen LogP contribution >= 0.6 is 0 Å². The van der Waals surface area contributed by atoms with E-state index in [0.29, 0.717) is 11.0 Å². The van der Waals surface area contributed by atoms with Gasteiger partial charge in [0.15, 0.2) is 5.43 Å². The third-order valence-electron chi connectivity index (χ3n) is 3.58. The summed E-state index contributed by atoms with van der Waals surface area (Å²) >= 11 is 0. The predicted molar refractivity (Wildman–Crippen MR) is 91.2 cm³/mol. The molecule has 1 amide bonds. The minimum absolute atomic E-state index is 0.155. The molecule has 0 spiro atoms. The Labute approximate surface area is 141 Å². The van der Waals surface area contributed by atoms with Gasteiger partial charge in [-0.25, -0.2) is 8.78 Å². The lowest BCUT2D eigenvalue weighted by molar-refractivity contribution is -0.111. The van der Waals surface area contributed by atoms with Gasteiger partial charge >= 0.3 is 0 Å². The number of nitrogens with one attached hydrogen (secondary N) is 1. The maximum atomic E-state index is 13.5. The number of amides is 1. The average Bonchev–Trinajstić information content (AvgIpc) is 2.58. The van der Waals surface area contributed by atoms with Crippen LogP contribution in [0.25, 0.3) is 17.0 Å². The van der Waals surface area contributed by atoms with Crippen LogP contribution in [0.2, 0.25) is 0 Å². The van der Waals surface area contributed by atoms with Crippen LogP contribution in [-0.2, 0) is 4.79 Å². The number of benzene rings is 2. The van der Waals surface area contributed by atoms with Gasteiger partial charge in [0.05, 0.1) is 10.9 Å². The van der Waals surface area contributed by atoms with Gasteiger partial charge in [-0.05, 0) is 37.3 Å². The maximum absolute atomic E-state index is 13.5. The number of aryl methyl sites for hydroxylation is 1. The molecule has 1 aromatic heterocycles. The van der Waals surface area contributed by atoms with Crippen molar-refractivity contribution in [1.29, 1.82) is 0 Å². The number of anilines is 1. The number of halogens is 2. The van der Waals surface area contributed by atoms with E-state index in [4.69, 9.17) is 4.42 Å². The third kappa shape index (κ3) is 3.47. The zero-order chi connectivity index (χ0) is 18.0. The summed E-state index contributed by atoms with van der Waals surface area (Å²) in [6.07, 6.45) is 3.48. The van der Waals surface area contributed by atoms with Crippen LogP contribution in [0, 0.1) is 18.6 Å². The van der Waals surface area contributed by atoms with Crippen LogP contribution in [0.5, 0.6) is 0 Å². The highest BCUT2D eigenvalue weighted by Gasteiger charge is 2.10. The van der Waals surface area contributed by atoms with E-state index in [2.05, 4.69) is 5.32 Å². The first-order valence-corrected chi connectivity index (χ1v) is 7.41. The molecule has 0 saturated heterocycles. The summed E-state index contributed by atoms with van der Waals surface area (Å²) in [6, 6.07) is 8.45. The molecule has 6 heteroatoms. The molecule has 0 bridgehead atoms. The summed E-state index contributed by atoms with van der Waals surface area (Å²) in [5.41, 5.74) is 0.644. The Morgan fingerprint density at radius 1 is 1.16 bits per heavy atom. The van der Waals surface area contributed by atoms with E-state index in [-0.39, 0.29) is 11.0 Å². The Bertz CT molecular complexity index is 1030. The van der Waals surface area contributed by atoms with E-state index in [1.165, 1.54) is 18.4 Å². The monoisotopic (exact) mass is 341 g/mol. The van der Waals surface area contributed by atoms with Gasteiger partial charge in [0, 0.05) is 6.08 Å². The summed E-state index contributed by atoms with van der Waals surface area (Å²) in [5.74, 6) is -2.54. The minimum atomic E-state index is -0.887. The summed E-state index contributed by atoms with van der Waals surface area (Å²) in [6.45, 7) is 1.85. The van der Waals surface area contributed by atoms with Crippen LogP contribution in [0.15, 0.2) is 57.9 Å². The standard InChI is InChI=1S/C19H13F2NO3/c1-11-5-7-16-13(9-11)19(24)12(10-25-16)6-8-17(23)22-18-14(20)3-2-4-15(18)21/h2-10H,1H3,(H,22,23)/b8-6+. The normalized spacial score (nSPS) is 11.2. The number of hydrogen-bond acceptors (Lipinski definition) is 3. The van der Waals surface area contributed by atoms with Gasteiger partial charge in [-0.15, -0.1) is 0 Å². The lowest BCUT2D eigenvalue weighted by atomic mass is 10.1. The number of carbonyl (C=O) groups is 1. The molecular weight excluding hydrogens is 328 g/mol. The molecule has 1 N–H and O–H groups in total. The van der Waals surface area contributed by atoms with Crippen molar-refractivity contribution in [2.45, 2.75) is 6.92 Å². The highest BCUT2D eigenvalue weighted by molar-refractivity contribution is 6.02. The molecule has 0 fully saturated rings. The first-order valence-electron chi connectivity index (χ1n) is 7.41. The smallest absolute Gasteiger partial charge is 0.248 e. The van der Waals surface area contributed by atoms with Gasteiger partial charge in [-0.2, -0.15) is 0 Å². The molecule has 3 aromatic rings. The average molecular weight is 341 g/mol. The Balaban J connectivity index is 1.87. The van der Waals surface area contributed by atoms with Crippen LogP contribution in [0.3, 0.4) is 0 Å². The highest BCUT2D eigenvalue weighted by atomic mass is 19.1. The molecule has 126 valence electrons. The van der Waals surface area contributed by atoms with E-state index < -0.39 is 23.2 Å². The minimum Gasteiger partial charge on any atom is -0.463 e. The van der Waals surface area contributed by atoms with Crippen molar-refractivity contribution in [1.82, 2.24) is 0 Å². The van der Waals surface area contributed by atoms with Crippen LogP contribution in [0.1, 0.15) is 11.1 Å². The van der Waals surface area contributed by atoms with Gasteiger partial charge in [-0.3, -0.25) is 9.59 Å². The first kappa shape index (κ1) is 16.6. The SMILES string of the molecule is Cc1ccc2occ(/C=C/C(=O)Nc3c(F)cccc3F)c(=O)c2c1. The van der Waals surface area contributed by atoms with Crippen molar-refractivity contribution in [3.63, 3.8) is 0 Å². The van der Waals surface area contributed by atoms with Gasteiger partial charge in [0.1, 0.15) is 29.2 Å². The Morgan fingerprint density at radius 3 is 2.60 bits per heavy atom. The number of carbonyl (C=O) groups excluding carboxylic acids is 1. The lowest BCUT2D eigenvalue weighted by Gasteiger charge is -2.04. The van der Waals surface area contributed by atoms with Gasteiger partial charge in [-0.1, -0.05) is 17.7 Å². The Kier molecular flexibility index (Phi) is 4.43. The molecule has 0 aliphatic carbocycles. The topological polar surface area (TPSA) is 59.3 Å². The van der Waals surface area contributed by atoms with E-state index in [1.54, 1.807) is 12.1 Å². The molecule has 3 rings (SSSR count). The number of rotatable bonds is 3. The molecule has 4 nitrogen and oxygen atoms in total. The fraction of sp³-hybridized carbons (Fsp3) is 0.0526. The molecule has 0 atom stereocenters. The maximum Gasteiger partial charge on any atom is 0.248 e. The fourth-order valence-corrected chi connectivity index (χ4v) is 2.32. The molecule has 25 heavy (non-hydrogen) atoms. The van der Waals surface area contributed by atoms with Gasteiger partial charge in [0.25, 0.3) is 0 Å². The van der Waals surface area contributed by atoms with Crippen molar-refractivity contribution < 1.29 is 18.0 Å². The quantitative estimate of drug-likeness (QED) is 0.732. The zero-order valence-electron chi connectivity index (χ0n) is 13.2. The van der Waals surface area contributed by atoms with E-state index >= 15 is 0 Å². The lowest BCUT2D eigenvalue weighted by Crippen LogP contribution is -2.11. The first-order chi connectivity index (χ1) is 12.0. The number of para-hydroxylation sites is 1. The van der Waals surface area contributed by atoms with E-state index in [1.807, 2.05) is 13.0 Å². The third-order valence-corrected chi connectivity index (χ3v) is 3.58. The Hall–Kier alpha value is -3.28. The van der Waals surface area contributed by atoms with E-state index in [9.17, 15) is 18.4 Å². The fourth-order valence-electron chi connectivity index (χ4n) is 2.32. The van der Waals surface area contributed by atoms with Crippen molar-refractivity contribution >= 4 is 28.6 Å². The second kappa shape index (κ2) is 6.68. The van der Waals surface area contributed by atoms with Crippen molar-refractivity contribution in [2.75, 3.05) is 5.32 Å². The molecule has 0 radical (unpaired) electrons. The molecule has 1 heterocycles. The summed E-state index contributed by atoms with van der Waals surface area (Å²) in [4.78, 5) is 24.3. The number of fused-ring (bicyclic) bond motifs is 1. The second-order valence-corrected chi connectivity index (χ2v) is 5.44. The largest absolute Gasteiger partial charge is 0.463 e. The van der Waals surface area contributed by atoms with Gasteiger partial charge < -0.3 is 9.73 Å². The Morgan fingerprint density at radius 2 is 1.88 bits per heavy atom. The summed E-state index contributed by atoms with van der Waals surface area (Å²) in [5, 5.41) is 2.50. The molecule has 0 unspecified atom stereocenters. The summed E-state index contributed by atoms with van der Waals surface area (Å²) < 4.78 is 32.4. The summed E-state index contributed by atoms with van der Waals surface area (Å²) in [7, 11) is 0. The van der Waals surface area contributed by atoms with Gasteiger partial charge in [0.2, 0.25) is 5.91 Å². The molecule has 0 saturated carbocycles. The second-order valence-electron chi connectivity index (χ2n) is 5.44. The van der Waals surface area contributed by atoms with Crippen LogP contribution in [0.4, 0.5) is 14.5 Å². The number of hydrogen-bond donors (Lipinski definition) is 1. The zero-order valence-corrected chi connectivity index (χ0v) is 13.2.